The average Bonchev–Trinajstić information content (AvgIpc) is 2.32. The Balaban J connectivity index is 2.34. The monoisotopic (exact) mass is 244 g/mol. The molecule has 1 N–H and O–H groups in total. The Morgan fingerprint density at radius 2 is 1.89 bits per heavy atom. The number of hydrogen-bond donors (Lipinski definition) is 1. The van der Waals surface area contributed by atoms with E-state index in [9.17, 15) is 8.78 Å². The van der Waals surface area contributed by atoms with Gasteiger partial charge in [-0.3, -0.25) is 0 Å². The molecule has 2 aromatic rings. The molecule has 0 aromatic heterocycles. The van der Waals surface area contributed by atoms with Gasteiger partial charge >= 0.3 is 0 Å². The maximum Gasteiger partial charge on any atom is 0.146 e. The van der Waals surface area contributed by atoms with Gasteiger partial charge in [0.2, 0.25) is 0 Å². The van der Waals surface area contributed by atoms with Gasteiger partial charge < -0.3 is 5.32 Å². The third-order valence-electron chi connectivity index (χ3n) is 2.43. The van der Waals surface area contributed by atoms with Crippen molar-refractivity contribution in [2.45, 2.75) is 6.92 Å². The Labute approximate surface area is 103 Å². The Hall–Kier alpha value is -2.41. The summed E-state index contributed by atoms with van der Waals surface area (Å²) in [7, 11) is 0. The van der Waals surface area contributed by atoms with Crippen LogP contribution in [0.15, 0.2) is 36.4 Å². The standard InChI is InChI=1S/C14H10F2N2/c1-9-2-3-14(13(16)4-9)18-12-6-10(8-17)5-11(15)7-12/h2-7,18H,1H3. The Kier molecular flexibility index (Phi) is 3.24. The summed E-state index contributed by atoms with van der Waals surface area (Å²) in [4.78, 5) is 0. The van der Waals surface area contributed by atoms with E-state index < -0.39 is 11.6 Å². The predicted molar refractivity (Wildman–Crippen MR) is 65.5 cm³/mol. The van der Waals surface area contributed by atoms with Gasteiger partial charge in [0.05, 0.1) is 17.3 Å². The normalized spacial score (nSPS) is 9.89. The zero-order valence-electron chi connectivity index (χ0n) is 9.67. The van der Waals surface area contributed by atoms with Gasteiger partial charge in [0.25, 0.3) is 0 Å². The van der Waals surface area contributed by atoms with Gasteiger partial charge in [-0.15, -0.1) is 0 Å². The lowest BCUT2D eigenvalue weighted by Crippen LogP contribution is -1.95. The van der Waals surface area contributed by atoms with E-state index in [1.165, 1.54) is 18.2 Å². The van der Waals surface area contributed by atoms with E-state index in [0.717, 1.165) is 11.6 Å². The fourth-order valence-corrected chi connectivity index (χ4v) is 1.60. The van der Waals surface area contributed by atoms with Gasteiger partial charge in [-0.05, 0) is 42.8 Å². The topological polar surface area (TPSA) is 35.8 Å². The van der Waals surface area contributed by atoms with Crippen LogP contribution in [0.25, 0.3) is 0 Å². The van der Waals surface area contributed by atoms with Gasteiger partial charge in [0.1, 0.15) is 11.6 Å². The van der Waals surface area contributed by atoms with Gasteiger partial charge in [-0.1, -0.05) is 6.07 Å². The third-order valence-corrected chi connectivity index (χ3v) is 2.43. The predicted octanol–water partition coefficient (Wildman–Crippen LogP) is 3.89. The van der Waals surface area contributed by atoms with E-state index in [1.54, 1.807) is 19.1 Å². The first-order valence-electron chi connectivity index (χ1n) is 5.32. The zero-order valence-corrected chi connectivity index (χ0v) is 9.67. The second kappa shape index (κ2) is 4.84. The summed E-state index contributed by atoms with van der Waals surface area (Å²) < 4.78 is 26.8. The highest BCUT2D eigenvalue weighted by Gasteiger charge is 2.05. The number of anilines is 2. The molecule has 0 aliphatic carbocycles. The minimum absolute atomic E-state index is 0.185. The number of nitriles is 1. The molecule has 2 aromatic carbocycles. The van der Waals surface area contributed by atoms with Crippen LogP contribution in [0, 0.1) is 29.9 Å². The minimum Gasteiger partial charge on any atom is -0.353 e. The molecule has 2 rings (SSSR count). The van der Waals surface area contributed by atoms with Crippen LogP contribution in [0.5, 0.6) is 0 Å². The molecular formula is C14H10F2N2. The van der Waals surface area contributed by atoms with Crippen molar-refractivity contribution >= 4 is 11.4 Å². The number of aryl methyl sites for hydroxylation is 1. The lowest BCUT2D eigenvalue weighted by Gasteiger charge is -2.08. The molecule has 0 aliphatic rings. The quantitative estimate of drug-likeness (QED) is 0.869. The number of rotatable bonds is 2. The second-order valence-corrected chi connectivity index (χ2v) is 3.95. The first kappa shape index (κ1) is 12.1. The van der Waals surface area contributed by atoms with Crippen LogP contribution >= 0.6 is 0 Å². The number of nitrogens with one attached hydrogen (secondary N) is 1. The third kappa shape index (κ3) is 2.64. The maximum atomic E-state index is 13.6. The van der Waals surface area contributed by atoms with E-state index in [0.29, 0.717) is 5.69 Å². The number of benzene rings is 2. The van der Waals surface area contributed by atoms with Crippen molar-refractivity contribution in [1.82, 2.24) is 0 Å². The molecule has 0 spiro atoms. The SMILES string of the molecule is Cc1ccc(Nc2cc(F)cc(C#N)c2)c(F)c1. The molecule has 0 heterocycles. The largest absolute Gasteiger partial charge is 0.353 e. The second-order valence-electron chi connectivity index (χ2n) is 3.95. The van der Waals surface area contributed by atoms with Crippen LogP contribution in [0.4, 0.5) is 20.2 Å². The summed E-state index contributed by atoms with van der Waals surface area (Å²) in [5.74, 6) is -0.957. The zero-order chi connectivity index (χ0) is 13.1. The summed E-state index contributed by atoms with van der Waals surface area (Å²) in [6.07, 6.45) is 0. The van der Waals surface area contributed by atoms with Crippen molar-refractivity contribution in [3.05, 3.63) is 59.2 Å². The number of hydrogen-bond acceptors (Lipinski definition) is 2. The molecular weight excluding hydrogens is 234 g/mol. The van der Waals surface area contributed by atoms with Crippen LogP contribution in [-0.4, -0.2) is 0 Å². The van der Waals surface area contributed by atoms with Crippen LogP contribution in [0.3, 0.4) is 0 Å². The number of nitrogens with zero attached hydrogens (tertiary/aromatic N) is 1. The molecule has 4 heteroatoms. The van der Waals surface area contributed by atoms with Crippen molar-refractivity contribution in [2.24, 2.45) is 0 Å². The average molecular weight is 244 g/mol. The van der Waals surface area contributed by atoms with E-state index in [4.69, 9.17) is 5.26 Å². The van der Waals surface area contributed by atoms with E-state index in [-0.39, 0.29) is 11.3 Å². The molecule has 18 heavy (non-hydrogen) atoms. The molecule has 0 fully saturated rings. The molecule has 2 nitrogen and oxygen atoms in total. The lowest BCUT2D eigenvalue weighted by atomic mass is 10.2. The molecule has 90 valence electrons. The Morgan fingerprint density at radius 3 is 2.56 bits per heavy atom. The van der Waals surface area contributed by atoms with Gasteiger partial charge in [0, 0.05) is 5.69 Å². The van der Waals surface area contributed by atoms with E-state index >= 15 is 0 Å². The fraction of sp³-hybridized carbons (Fsp3) is 0.0714. The summed E-state index contributed by atoms with van der Waals surface area (Å²) in [6, 6.07) is 10.3. The smallest absolute Gasteiger partial charge is 0.146 e. The summed E-state index contributed by atoms with van der Waals surface area (Å²) in [5, 5.41) is 11.5. The molecule has 0 unspecified atom stereocenters. The first-order chi connectivity index (χ1) is 8.58. The molecule has 0 saturated heterocycles. The highest BCUT2D eigenvalue weighted by Crippen LogP contribution is 2.22. The van der Waals surface area contributed by atoms with Crippen molar-refractivity contribution in [2.75, 3.05) is 5.32 Å². The van der Waals surface area contributed by atoms with Crippen LogP contribution in [0.2, 0.25) is 0 Å². The minimum atomic E-state index is -0.538. The highest BCUT2D eigenvalue weighted by atomic mass is 19.1. The molecule has 0 radical (unpaired) electrons. The highest BCUT2D eigenvalue weighted by molar-refractivity contribution is 5.62. The first-order valence-corrected chi connectivity index (χ1v) is 5.32. The Bertz CT molecular complexity index is 630. The maximum absolute atomic E-state index is 13.6. The summed E-state index contributed by atoms with van der Waals surface area (Å²) in [5.41, 5.74) is 1.57. The van der Waals surface area contributed by atoms with Crippen molar-refractivity contribution in [3.8, 4) is 6.07 Å². The van der Waals surface area contributed by atoms with Crippen molar-refractivity contribution in [1.29, 1.82) is 5.26 Å². The Morgan fingerprint density at radius 1 is 1.11 bits per heavy atom. The molecule has 0 saturated carbocycles. The van der Waals surface area contributed by atoms with Gasteiger partial charge in [-0.25, -0.2) is 8.78 Å². The molecule has 0 atom stereocenters. The summed E-state index contributed by atoms with van der Waals surface area (Å²) in [6.45, 7) is 1.78. The van der Waals surface area contributed by atoms with Crippen molar-refractivity contribution < 1.29 is 8.78 Å². The van der Waals surface area contributed by atoms with Gasteiger partial charge in [0.15, 0.2) is 0 Å². The van der Waals surface area contributed by atoms with Crippen LogP contribution < -0.4 is 5.32 Å². The van der Waals surface area contributed by atoms with Gasteiger partial charge in [-0.2, -0.15) is 5.26 Å². The molecule has 0 bridgehead atoms. The van der Waals surface area contributed by atoms with E-state index in [2.05, 4.69) is 5.32 Å². The fourth-order valence-electron chi connectivity index (χ4n) is 1.60. The summed E-state index contributed by atoms with van der Waals surface area (Å²) >= 11 is 0. The number of halogens is 2. The molecule has 0 amide bonds. The van der Waals surface area contributed by atoms with E-state index in [1.807, 2.05) is 6.07 Å². The molecule has 0 aliphatic heterocycles. The van der Waals surface area contributed by atoms with Crippen LogP contribution in [-0.2, 0) is 0 Å². The van der Waals surface area contributed by atoms with Crippen molar-refractivity contribution in [3.63, 3.8) is 0 Å². The lowest BCUT2D eigenvalue weighted by molar-refractivity contribution is 0.626. The van der Waals surface area contributed by atoms with Crippen LogP contribution in [0.1, 0.15) is 11.1 Å².